The molecule has 0 radical (unpaired) electrons. The number of carbonyl (C=O) groups excluding carboxylic acids is 1. The lowest BCUT2D eigenvalue weighted by molar-refractivity contribution is -0.162. The van der Waals surface area contributed by atoms with Crippen LogP contribution in [0.1, 0.15) is 75.5 Å². The van der Waals surface area contributed by atoms with Crippen molar-refractivity contribution in [3.05, 3.63) is 69.7 Å². The first kappa shape index (κ1) is 32.7. The van der Waals surface area contributed by atoms with Crippen molar-refractivity contribution in [2.75, 3.05) is 27.2 Å². The van der Waals surface area contributed by atoms with Gasteiger partial charge in [-0.3, -0.25) is 9.59 Å². The summed E-state index contributed by atoms with van der Waals surface area (Å²) in [7, 11) is 0.191. The highest BCUT2D eigenvalue weighted by molar-refractivity contribution is 7.91. The lowest BCUT2D eigenvalue weighted by atomic mass is 9.64. The number of carboxylic acids is 1. The molecule has 1 saturated heterocycles. The topological polar surface area (TPSA) is 107 Å². The van der Waals surface area contributed by atoms with Gasteiger partial charge >= 0.3 is 5.97 Å². The SMILES string of the molecule is CCC(CNS(=O)(=O)C1(C)CC1)N1C(=O)C(CCN(C)C)(CC(=O)O)CC(c2cccc(Cl)c2)C1c1ccc(Cl)cc1. The molecule has 4 atom stereocenters. The second kappa shape index (κ2) is 12.8. The van der Waals surface area contributed by atoms with Crippen molar-refractivity contribution in [2.45, 2.75) is 75.1 Å². The molecule has 0 spiro atoms. The Morgan fingerprint density at radius 2 is 1.79 bits per heavy atom. The number of aliphatic carboxylic acids is 1. The number of halogens is 2. The Balaban J connectivity index is 1.89. The Hall–Kier alpha value is -2.17. The molecule has 0 bridgehead atoms. The van der Waals surface area contributed by atoms with Gasteiger partial charge in [-0.05, 0) is 95.1 Å². The van der Waals surface area contributed by atoms with Crippen LogP contribution in [0.25, 0.3) is 0 Å². The Kier molecular flexibility index (Phi) is 10.00. The first-order valence-corrected chi connectivity index (χ1v) is 16.7. The van der Waals surface area contributed by atoms with E-state index in [1.807, 2.05) is 56.3 Å². The third-order valence-electron chi connectivity index (χ3n) is 8.97. The number of carboxylic acid groups (broad SMARTS) is 1. The van der Waals surface area contributed by atoms with Crippen LogP contribution >= 0.6 is 23.2 Å². The van der Waals surface area contributed by atoms with Crippen molar-refractivity contribution in [1.29, 1.82) is 0 Å². The molecule has 2 aliphatic rings. The van der Waals surface area contributed by atoms with E-state index in [9.17, 15) is 23.1 Å². The fraction of sp³-hybridized carbons (Fsp3) is 0.548. The molecule has 8 nitrogen and oxygen atoms in total. The Labute approximate surface area is 259 Å². The third-order valence-corrected chi connectivity index (χ3v) is 11.7. The summed E-state index contributed by atoms with van der Waals surface area (Å²) in [6.07, 6.45) is 1.97. The molecule has 1 aliphatic carbocycles. The summed E-state index contributed by atoms with van der Waals surface area (Å²) in [6.45, 7) is 4.20. The highest BCUT2D eigenvalue weighted by Gasteiger charge is 2.55. The molecule has 1 amide bonds. The van der Waals surface area contributed by atoms with E-state index in [0.717, 1.165) is 11.1 Å². The van der Waals surface area contributed by atoms with Crippen LogP contribution in [-0.2, 0) is 19.6 Å². The molecule has 11 heteroatoms. The molecular weight excluding hydrogens is 597 g/mol. The smallest absolute Gasteiger partial charge is 0.304 e. The number of piperidine rings is 1. The Morgan fingerprint density at radius 3 is 2.33 bits per heavy atom. The maximum absolute atomic E-state index is 14.8. The summed E-state index contributed by atoms with van der Waals surface area (Å²) in [5.41, 5.74) is 0.519. The van der Waals surface area contributed by atoms with Crippen LogP contribution < -0.4 is 4.72 Å². The summed E-state index contributed by atoms with van der Waals surface area (Å²) in [5, 5.41) is 11.2. The summed E-state index contributed by atoms with van der Waals surface area (Å²) >= 11 is 12.7. The zero-order valence-corrected chi connectivity index (χ0v) is 27.0. The number of amides is 1. The van der Waals surface area contributed by atoms with Crippen LogP contribution in [0.4, 0.5) is 0 Å². The van der Waals surface area contributed by atoms with E-state index in [0.29, 0.717) is 48.7 Å². The van der Waals surface area contributed by atoms with Crippen LogP contribution in [0.5, 0.6) is 0 Å². The van der Waals surface area contributed by atoms with E-state index in [1.54, 1.807) is 30.0 Å². The first-order valence-electron chi connectivity index (χ1n) is 14.4. The van der Waals surface area contributed by atoms with Gasteiger partial charge in [0.2, 0.25) is 15.9 Å². The van der Waals surface area contributed by atoms with Gasteiger partial charge in [-0.2, -0.15) is 0 Å². The number of rotatable bonds is 13. The van der Waals surface area contributed by atoms with E-state index in [2.05, 4.69) is 4.72 Å². The molecule has 1 heterocycles. The van der Waals surface area contributed by atoms with Gasteiger partial charge in [-0.15, -0.1) is 0 Å². The minimum Gasteiger partial charge on any atom is -0.481 e. The van der Waals surface area contributed by atoms with Crippen LogP contribution in [0, 0.1) is 5.41 Å². The molecule has 2 fully saturated rings. The van der Waals surface area contributed by atoms with Crippen LogP contribution in [0.3, 0.4) is 0 Å². The molecule has 0 aromatic heterocycles. The molecular formula is C31H41Cl2N3O5S. The van der Waals surface area contributed by atoms with E-state index in [-0.39, 0.29) is 24.8 Å². The molecule has 2 aromatic carbocycles. The number of nitrogens with zero attached hydrogens (tertiary/aromatic N) is 2. The highest BCUT2D eigenvalue weighted by atomic mass is 35.5. The largest absolute Gasteiger partial charge is 0.481 e. The van der Waals surface area contributed by atoms with Crippen molar-refractivity contribution in [1.82, 2.24) is 14.5 Å². The maximum atomic E-state index is 14.8. The van der Waals surface area contributed by atoms with Crippen LogP contribution in [-0.4, -0.2) is 73.2 Å². The molecule has 4 rings (SSSR count). The Morgan fingerprint density at radius 1 is 1.12 bits per heavy atom. The summed E-state index contributed by atoms with van der Waals surface area (Å²) in [4.78, 5) is 30.9. The Bertz CT molecular complexity index is 1400. The minimum absolute atomic E-state index is 0.0311. The zero-order valence-electron chi connectivity index (χ0n) is 24.6. The monoisotopic (exact) mass is 637 g/mol. The fourth-order valence-electron chi connectivity index (χ4n) is 6.13. The van der Waals surface area contributed by atoms with Crippen molar-refractivity contribution >= 4 is 45.1 Å². The number of likely N-dealkylation sites (tertiary alicyclic amines) is 1. The van der Waals surface area contributed by atoms with Crippen LogP contribution in [0.15, 0.2) is 48.5 Å². The van der Waals surface area contributed by atoms with Crippen molar-refractivity contribution in [3.63, 3.8) is 0 Å². The molecule has 42 heavy (non-hydrogen) atoms. The number of nitrogens with one attached hydrogen (secondary N) is 1. The molecule has 230 valence electrons. The molecule has 1 saturated carbocycles. The van der Waals surface area contributed by atoms with Crippen molar-refractivity contribution in [2.24, 2.45) is 5.41 Å². The number of hydrogen-bond acceptors (Lipinski definition) is 5. The summed E-state index contributed by atoms with van der Waals surface area (Å²) < 4.78 is 28.3. The number of hydrogen-bond donors (Lipinski definition) is 2. The second-order valence-electron chi connectivity index (χ2n) is 12.3. The predicted molar refractivity (Wildman–Crippen MR) is 166 cm³/mol. The maximum Gasteiger partial charge on any atom is 0.304 e. The lowest BCUT2D eigenvalue weighted by Gasteiger charge is -2.53. The molecule has 4 unspecified atom stereocenters. The van der Waals surface area contributed by atoms with Crippen molar-refractivity contribution < 1.29 is 23.1 Å². The fourth-order valence-corrected chi connectivity index (χ4v) is 7.86. The molecule has 2 N–H and O–H groups in total. The average molecular weight is 639 g/mol. The number of carbonyl (C=O) groups is 2. The lowest BCUT2D eigenvalue weighted by Crippen LogP contribution is -2.59. The number of sulfonamides is 1. The van der Waals surface area contributed by atoms with Gasteiger partial charge < -0.3 is 14.9 Å². The van der Waals surface area contributed by atoms with Crippen LogP contribution in [0.2, 0.25) is 10.0 Å². The van der Waals surface area contributed by atoms with Gasteiger partial charge in [0, 0.05) is 28.5 Å². The van der Waals surface area contributed by atoms with E-state index in [4.69, 9.17) is 23.2 Å². The summed E-state index contributed by atoms with van der Waals surface area (Å²) in [5.74, 6) is -1.63. The van der Waals surface area contributed by atoms with Gasteiger partial charge in [-0.1, -0.05) is 54.4 Å². The summed E-state index contributed by atoms with van der Waals surface area (Å²) in [6, 6.07) is 13.8. The third kappa shape index (κ3) is 6.97. The molecule has 2 aromatic rings. The zero-order chi connectivity index (χ0) is 30.9. The van der Waals surface area contributed by atoms with E-state index in [1.165, 1.54) is 0 Å². The highest BCUT2D eigenvalue weighted by Crippen LogP contribution is 2.54. The van der Waals surface area contributed by atoms with Crippen molar-refractivity contribution in [3.8, 4) is 0 Å². The average Bonchev–Trinajstić information content (AvgIpc) is 3.69. The number of benzene rings is 2. The quantitative estimate of drug-likeness (QED) is 0.291. The normalized spacial score (nSPS) is 24.5. The standard InChI is InChI=1S/C31H41Cl2N3O5S/c1-5-25(20-34-42(40,41)30(2)13-14-30)36-28(21-9-11-23(32)12-10-21)26(22-7-6-8-24(33)17-22)18-31(29(36)39,19-27(37)38)15-16-35(3)4/h6-12,17,25-26,28,34H,5,13-16,18-20H2,1-4H3,(H,37,38). The first-order chi connectivity index (χ1) is 19.7. The van der Waals surface area contributed by atoms with Gasteiger partial charge in [0.1, 0.15) is 0 Å². The molecule has 1 aliphatic heterocycles. The van der Waals surface area contributed by atoms with Gasteiger partial charge in [-0.25, -0.2) is 13.1 Å². The second-order valence-corrected chi connectivity index (χ2v) is 15.5. The van der Waals surface area contributed by atoms with Gasteiger partial charge in [0.15, 0.2) is 0 Å². The minimum atomic E-state index is -3.60. The van der Waals surface area contributed by atoms with E-state index >= 15 is 0 Å². The van der Waals surface area contributed by atoms with E-state index < -0.39 is 38.2 Å². The van der Waals surface area contributed by atoms with Gasteiger partial charge in [0.05, 0.1) is 22.6 Å². The van der Waals surface area contributed by atoms with Gasteiger partial charge in [0.25, 0.3) is 0 Å². The predicted octanol–water partition coefficient (Wildman–Crippen LogP) is 5.71.